The molecule has 0 aliphatic carbocycles. The number of carbonyl (C=O) groups is 1. The largest absolute Gasteiger partial charge is 0.387 e. The third-order valence-corrected chi connectivity index (χ3v) is 4.29. The lowest BCUT2D eigenvalue weighted by molar-refractivity contribution is -0.0257. The summed E-state index contributed by atoms with van der Waals surface area (Å²) in [6, 6.07) is 0. The maximum absolute atomic E-state index is 12.4. The van der Waals surface area contributed by atoms with Gasteiger partial charge in [-0.1, -0.05) is 0 Å². The van der Waals surface area contributed by atoms with E-state index in [4.69, 9.17) is 4.74 Å². The van der Waals surface area contributed by atoms with Crippen LogP contribution in [0.25, 0.3) is 0 Å². The minimum Gasteiger partial charge on any atom is -0.387 e. The number of morpholine rings is 1. The molecular weight excluding hydrogens is 304 g/mol. The number of rotatable bonds is 3. The van der Waals surface area contributed by atoms with Crippen molar-refractivity contribution in [2.24, 2.45) is 0 Å². The van der Waals surface area contributed by atoms with Crippen molar-refractivity contribution in [2.75, 3.05) is 45.9 Å². The number of aromatic amines is 2. The molecule has 3 rings (SSSR count). The fraction of sp³-hybridized carbons (Fsp3) is 0.643. The SMILES string of the molecule is O=C(c1c[nH]c(=O)[nH]c1=O)N1CCC(O)(CN2CCOCC2)C1. The van der Waals surface area contributed by atoms with E-state index in [1.165, 1.54) is 4.90 Å². The summed E-state index contributed by atoms with van der Waals surface area (Å²) in [5.74, 6) is -0.486. The van der Waals surface area contributed by atoms with Crippen molar-refractivity contribution < 1.29 is 14.6 Å². The van der Waals surface area contributed by atoms with Crippen molar-refractivity contribution in [3.8, 4) is 0 Å². The Balaban J connectivity index is 1.67. The van der Waals surface area contributed by atoms with Crippen molar-refractivity contribution in [3.63, 3.8) is 0 Å². The van der Waals surface area contributed by atoms with Crippen molar-refractivity contribution in [1.82, 2.24) is 19.8 Å². The highest BCUT2D eigenvalue weighted by Crippen LogP contribution is 2.23. The van der Waals surface area contributed by atoms with Crippen LogP contribution in [0.15, 0.2) is 15.8 Å². The molecule has 0 spiro atoms. The van der Waals surface area contributed by atoms with E-state index in [0.29, 0.717) is 32.7 Å². The van der Waals surface area contributed by atoms with E-state index < -0.39 is 22.8 Å². The van der Waals surface area contributed by atoms with E-state index in [0.717, 1.165) is 19.3 Å². The van der Waals surface area contributed by atoms with Crippen LogP contribution in [0, 0.1) is 0 Å². The van der Waals surface area contributed by atoms with Crippen LogP contribution in [0.3, 0.4) is 0 Å². The van der Waals surface area contributed by atoms with Crippen LogP contribution in [-0.2, 0) is 4.74 Å². The number of nitrogens with one attached hydrogen (secondary N) is 2. The van der Waals surface area contributed by atoms with Crippen LogP contribution in [0.4, 0.5) is 0 Å². The second-order valence-corrected chi connectivity index (χ2v) is 6.08. The molecule has 1 amide bonds. The third kappa shape index (κ3) is 3.52. The Labute approximate surface area is 131 Å². The van der Waals surface area contributed by atoms with E-state index in [2.05, 4.69) is 9.88 Å². The highest BCUT2D eigenvalue weighted by Gasteiger charge is 2.40. The molecule has 2 aliphatic heterocycles. The summed E-state index contributed by atoms with van der Waals surface area (Å²) in [5.41, 5.74) is -2.48. The lowest BCUT2D eigenvalue weighted by atomic mass is 10.0. The molecule has 9 heteroatoms. The highest BCUT2D eigenvalue weighted by atomic mass is 16.5. The van der Waals surface area contributed by atoms with Crippen LogP contribution in [-0.4, -0.2) is 82.3 Å². The van der Waals surface area contributed by atoms with Crippen molar-refractivity contribution in [1.29, 1.82) is 0 Å². The van der Waals surface area contributed by atoms with Gasteiger partial charge in [-0.25, -0.2) is 4.79 Å². The topological polar surface area (TPSA) is 119 Å². The number of aromatic nitrogens is 2. The van der Waals surface area contributed by atoms with Crippen molar-refractivity contribution >= 4 is 5.91 Å². The first kappa shape index (κ1) is 15.9. The van der Waals surface area contributed by atoms with Crippen LogP contribution in [0.2, 0.25) is 0 Å². The van der Waals surface area contributed by atoms with Gasteiger partial charge in [-0.05, 0) is 6.42 Å². The van der Waals surface area contributed by atoms with Gasteiger partial charge in [-0.15, -0.1) is 0 Å². The molecule has 126 valence electrons. The first-order valence-corrected chi connectivity index (χ1v) is 7.61. The summed E-state index contributed by atoms with van der Waals surface area (Å²) in [6.07, 6.45) is 1.57. The maximum atomic E-state index is 12.4. The molecule has 0 radical (unpaired) electrons. The Bertz CT molecular complexity index is 693. The zero-order valence-electron chi connectivity index (χ0n) is 12.7. The number of ether oxygens (including phenoxy) is 1. The summed E-state index contributed by atoms with van der Waals surface area (Å²) in [6.45, 7) is 3.82. The Morgan fingerprint density at radius 2 is 2.04 bits per heavy atom. The summed E-state index contributed by atoms with van der Waals surface area (Å²) in [7, 11) is 0. The Hall–Kier alpha value is -1.97. The summed E-state index contributed by atoms with van der Waals surface area (Å²) in [5, 5.41) is 10.7. The fourth-order valence-corrected chi connectivity index (χ4v) is 3.07. The molecule has 2 aliphatic rings. The number of aliphatic hydroxyl groups is 1. The van der Waals surface area contributed by atoms with Crippen LogP contribution in [0.1, 0.15) is 16.8 Å². The summed E-state index contributed by atoms with van der Waals surface area (Å²) < 4.78 is 5.28. The van der Waals surface area contributed by atoms with Crippen LogP contribution >= 0.6 is 0 Å². The van der Waals surface area contributed by atoms with Gasteiger partial charge in [0, 0.05) is 32.4 Å². The molecule has 23 heavy (non-hydrogen) atoms. The molecule has 1 atom stereocenters. The second kappa shape index (κ2) is 6.26. The Morgan fingerprint density at radius 1 is 1.30 bits per heavy atom. The number of β-amino-alcohol motifs (C(OH)–C–C–N with tert-alkyl or cyclic N) is 1. The lowest BCUT2D eigenvalue weighted by Gasteiger charge is -2.33. The normalized spacial score (nSPS) is 25.7. The molecule has 2 saturated heterocycles. The molecule has 2 fully saturated rings. The minimum atomic E-state index is -0.984. The zero-order chi connectivity index (χ0) is 16.4. The molecule has 3 N–H and O–H groups in total. The van der Waals surface area contributed by atoms with E-state index in [1.807, 2.05) is 4.98 Å². The Kier molecular flexibility index (Phi) is 4.33. The fourth-order valence-electron chi connectivity index (χ4n) is 3.07. The average Bonchev–Trinajstić information content (AvgIpc) is 2.90. The zero-order valence-corrected chi connectivity index (χ0v) is 12.7. The van der Waals surface area contributed by atoms with Gasteiger partial charge in [-0.3, -0.25) is 19.5 Å². The van der Waals surface area contributed by atoms with Gasteiger partial charge in [-0.2, -0.15) is 0 Å². The van der Waals surface area contributed by atoms with Crippen molar-refractivity contribution in [2.45, 2.75) is 12.0 Å². The number of H-pyrrole nitrogens is 2. The monoisotopic (exact) mass is 324 g/mol. The smallest absolute Gasteiger partial charge is 0.325 e. The van der Waals surface area contributed by atoms with E-state index >= 15 is 0 Å². The standard InChI is InChI=1S/C14H20N4O5/c19-11-10(7-15-13(21)16-11)12(20)18-2-1-14(22,9-18)8-17-3-5-23-6-4-17/h7,22H,1-6,8-9H2,(H2,15,16,19,21). The van der Waals surface area contributed by atoms with E-state index in [1.54, 1.807) is 0 Å². The molecule has 1 aromatic heterocycles. The van der Waals surface area contributed by atoms with Gasteiger partial charge in [0.05, 0.1) is 25.4 Å². The minimum absolute atomic E-state index is 0.125. The average molecular weight is 324 g/mol. The summed E-state index contributed by atoms with van der Waals surface area (Å²) in [4.78, 5) is 43.0. The lowest BCUT2D eigenvalue weighted by Crippen LogP contribution is -2.49. The maximum Gasteiger partial charge on any atom is 0.325 e. The number of carbonyl (C=O) groups excluding carboxylic acids is 1. The number of likely N-dealkylation sites (tertiary alicyclic amines) is 1. The quantitative estimate of drug-likeness (QED) is 0.590. The van der Waals surface area contributed by atoms with E-state index in [-0.39, 0.29) is 12.1 Å². The van der Waals surface area contributed by atoms with Gasteiger partial charge in [0.25, 0.3) is 11.5 Å². The van der Waals surface area contributed by atoms with Gasteiger partial charge < -0.3 is 19.7 Å². The molecule has 0 saturated carbocycles. The molecule has 0 aromatic carbocycles. The summed E-state index contributed by atoms with van der Waals surface area (Å²) >= 11 is 0. The van der Waals surface area contributed by atoms with Crippen LogP contribution < -0.4 is 11.2 Å². The van der Waals surface area contributed by atoms with Crippen LogP contribution in [0.5, 0.6) is 0 Å². The number of amides is 1. The highest BCUT2D eigenvalue weighted by molar-refractivity contribution is 5.93. The predicted molar refractivity (Wildman–Crippen MR) is 80.4 cm³/mol. The van der Waals surface area contributed by atoms with E-state index in [9.17, 15) is 19.5 Å². The predicted octanol–water partition coefficient (Wildman–Crippen LogP) is -2.03. The molecule has 1 aromatic rings. The molecule has 0 bridgehead atoms. The van der Waals surface area contributed by atoms with Gasteiger partial charge in [0.15, 0.2) is 0 Å². The second-order valence-electron chi connectivity index (χ2n) is 6.08. The first-order valence-electron chi connectivity index (χ1n) is 7.61. The van der Waals surface area contributed by atoms with Gasteiger partial charge in [0.2, 0.25) is 0 Å². The van der Waals surface area contributed by atoms with Crippen molar-refractivity contribution in [3.05, 3.63) is 32.6 Å². The number of hydrogen-bond acceptors (Lipinski definition) is 6. The number of nitrogens with zero attached hydrogens (tertiary/aromatic N) is 2. The molecule has 1 unspecified atom stereocenters. The van der Waals surface area contributed by atoms with Gasteiger partial charge >= 0.3 is 5.69 Å². The third-order valence-electron chi connectivity index (χ3n) is 4.29. The Morgan fingerprint density at radius 3 is 2.74 bits per heavy atom. The first-order chi connectivity index (χ1) is 11.0. The molecule has 9 nitrogen and oxygen atoms in total. The molecular formula is C14H20N4O5. The molecule has 3 heterocycles. The van der Waals surface area contributed by atoms with Gasteiger partial charge in [0.1, 0.15) is 5.56 Å². The number of hydrogen-bond donors (Lipinski definition) is 3.